The highest BCUT2D eigenvalue weighted by Gasteiger charge is 2.17. The molecule has 0 amide bonds. The van der Waals surface area contributed by atoms with Crippen LogP contribution in [0.25, 0.3) is 0 Å². The first-order valence-corrected chi connectivity index (χ1v) is 8.90. The number of nitrogens with zero attached hydrogens (tertiary/aromatic N) is 1. The number of benzene rings is 1. The number of methoxy groups -OCH3 is 1. The molecule has 0 saturated heterocycles. The van der Waals surface area contributed by atoms with E-state index in [1.807, 2.05) is 12.3 Å². The van der Waals surface area contributed by atoms with Gasteiger partial charge in [-0.3, -0.25) is 0 Å². The van der Waals surface area contributed by atoms with Gasteiger partial charge >= 0.3 is 11.9 Å². The van der Waals surface area contributed by atoms with Gasteiger partial charge in [-0.25, -0.2) is 14.6 Å². The van der Waals surface area contributed by atoms with Crippen molar-refractivity contribution in [3.05, 3.63) is 69.6 Å². The number of aromatic nitrogens is 1. The molecule has 0 fully saturated rings. The normalized spacial score (nSPS) is 10.4. The molecule has 1 aromatic carbocycles. The van der Waals surface area contributed by atoms with Crippen LogP contribution >= 0.6 is 11.3 Å². The maximum absolute atomic E-state index is 12.3. The summed E-state index contributed by atoms with van der Waals surface area (Å²) in [5, 5.41) is 2.89. The van der Waals surface area contributed by atoms with Crippen LogP contribution in [0.5, 0.6) is 5.75 Å². The lowest BCUT2D eigenvalue weighted by Gasteiger charge is -2.07. The first-order valence-electron chi connectivity index (χ1n) is 8.02. The lowest BCUT2D eigenvalue weighted by molar-refractivity contribution is 0.0432. The molecule has 0 saturated carbocycles. The number of rotatable bonds is 7. The second kappa shape index (κ2) is 8.50. The number of ether oxygens (including phenoxy) is 3. The first kappa shape index (κ1) is 18.7. The van der Waals surface area contributed by atoms with Crippen LogP contribution in [0.4, 0.5) is 0 Å². The average molecular weight is 387 g/mol. The van der Waals surface area contributed by atoms with E-state index >= 15 is 0 Å². The van der Waals surface area contributed by atoms with E-state index in [9.17, 15) is 9.59 Å². The van der Waals surface area contributed by atoms with Crippen molar-refractivity contribution in [1.82, 2.24) is 4.98 Å². The Balaban J connectivity index is 1.60. The molecule has 0 spiro atoms. The Bertz CT molecular complexity index is 945. The van der Waals surface area contributed by atoms with Crippen molar-refractivity contribution < 1.29 is 28.2 Å². The maximum atomic E-state index is 12.3. The Morgan fingerprint density at radius 2 is 2.04 bits per heavy atom. The molecule has 2 aromatic heterocycles. The molecule has 0 aliphatic heterocycles. The predicted molar refractivity (Wildman–Crippen MR) is 96.8 cm³/mol. The lowest BCUT2D eigenvalue weighted by atomic mass is 10.2. The van der Waals surface area contributed by atoms with Gasteiger partial charge in [0, 0.05) is 5.38 Å². The molecule has 0 N–H and O–H groups in total. The Morgan fingerprint density at radius 3 is 2.78 bits per heavy atom. The molecule has 0 unspecified atom stereocenters. The molecular weight excluding hydrogens is 370 g/mol. The standard InChI is InChI=1S/C19H17NO6S/c1-12-20-14(11-27-12)9-25-15-5-3-4-13(8-15)18(21)26-10-17-16(6-7-24-17)19(22)23-2/h3-8,11H,9-10H2,1-2H3. The summed E-state index contributed by atoms with van der Waals surface area (Å²) in [5.74, 6) is -0.357. The van der Waals surface area contributed by atoms with Gasteiger partial charge in [-0.15, -0.1) is 11.3 Å². The number of furan rings is 1. The van der Waals surface area contributed by atoms with Crippen LogP contribution in [-0.4, -0.2) is 24.0 Å². The summed E-state index contributed by atoms with van der Waals surface area (Å²) in [6.45, 7) is 2.06. The average Bonchev–Trinajstić information content (AvgIpc) is 3.32. The van der Waals surface area contributed by atoms with Gasteiger partial charge in [0.15, 0.2) is 12.4 Å². The molecule has 0 radical (unpaired) electrons. The van der Waals surface area contributed by atoms with Crippen LogP contribution in [0, 0.1) is 6.92 Å². The Kier molecular flexibility index (Phi) is 5.87. The van der Waals surface area contributed by atoms with Gasteiger partial charge in [-0.1, -0.05) is 6.07 Å². The molecular formula is C19H17NO6S. The van der Waals surface area contributed by atoms with Crippen LogP contribution < -0.4 is 4.74 Å². The molecule has 140 valence electrons. The monoisotopic (exact) mass is 387 g/mol. The van der Waals surface area contributed by atoms with Gasteiger partial charge in [0.25, 0.3) is 0 Å². The third-order valence-electron chi connectivity index (χ3n) is 3.61. The van der Waals surface area contributed by atoms with E-state index in [-0.39, 0.29) is 17.9 Å². The van der Waals surface area contributed by atoms with Crippen LogP contribution in [0.3, 0.4) is 0 Å². The van der Waals surface area contributed by atoms with E-state index < -0.39 is 11.9 Å². The SMILES string of the molecule is COC(=O)c1ccoc1COC(=O)c1cccc(OCc2csc(C)n2)c1. The van der Waals surface area contributed by atoms with Gasteiger partial charge in [0.2, 0.25) is 0 Å². The van der Waals surface area contributed by atoms with Crippen LogP contribution in [-0.2, 0) is 22.7 Å². The maximum Gasteiger partial charge on any atom is 0.341 e. The number of hydrogen-bond donors (Lipinski definition) is 0. The van der Waals surface area contributed by atoms with Gasteiger partial charge in [-0.2, -0.15) is 0 Å². The van der Waals surface area contributed by atoms with Crippen molar-refractivity contribution in [2.45, 2.75) is 20.1 Å². The smallest absolute Gasteiger partial charge is 0.341 e. The highest BCUT2D eigenvalue weighted by atomic mass is 32.1. The van der Waals surface area contributed by atoms with E-state index in [1.165, 1.54) is 19.4 Å². The number of hydrogen-bond acceptors (Lipinski definition) is 8. The number of carbonyl (C=O) groups excluding carboxylic acids is 2. The fourth-order valence-corrected chi connectivity index (χ4v) is 2.90. The predicted octanol–water partition coefficient (Wildman–Crippen LogP) is 3.77. The fourth-order valence-electron chi connectivity index (χ4n) is 2.30. The summed E-state index contributed by atoms with van der Waals surface area (Å²) in [4.78, 5) is 28.2. The number of aryl methyl sites for hydroxylation is 1. The van der Waals surface area contributed by atoms with Crippen molar-refractivity contribution in [2.75, 3.05) is 7.11 Å². The van der Waals surface area contributed by atoms with Crippen molar-refractivity contribution in [3.63, 3.8) is 0 Å². The zero-order chi connectivity index (χ0) is 19.2. The summed E-state index contributed by atoms with van der Waals surface area (Å²) < 4.78 is 20.7. The summed E-state index contributed by atoms with van der Waals surface area (Å²) in [6, 6.07) is 8.11. The highest BCUT2D eigenvalue weighted by molar-refractivity contribution is 7.09. The Hall–Kier alpha value is -3.13. The van der Waals surface area contributed by atoms with Crippen LogP contribution in [0.1, 0.15) is 37.2 Å². The van der Waals surface area contributed by atoms with E-state index in [1.54, 1.807) is 35.6 Å². The number of esters is 2. The molecule has 0 aliphatic rings. The molecule has 3 rings (SSSR count). The summed E-state index contributed by atoms with van der Waals surface area (Å²) in [6.07, 6.45) is 1.34. The quantitative estimate of drug-likeness (QED) is 0.570. The minimum Gasteiger partial charge on any atom is -0.487 e. The summed E-state index contributed by atoms with van der Waals surface area (Å²) in [5.41, 5.74) is 1.38. The van der Waals surface area contributed by atoms with Crippen molar-refractivity contribution in [2.24, 2.45) is 0 Å². The highest BCUT2D eigenvalue weighted by Crippen LogP contribution is 2.18. The second-order valence-electron chi connectivity index (χ2n) is 5.50. The third kappa shape index (κ3) is 4.73. The van der Waals surface area contributed by atoms with Gasteiger partial charge in [-0.05, 0) is 31.2 Å². The summed E-state index contributed by atoms with van der Waals surface area (Å²) in [7, 11) is 1.27. The van der Waals surface area contributed by atoms with Gasteiger partial charge < -0.3 is 18.6 Å². The van der Waals surface area contributed by atoms with Crippen LogP contribution in [0.15, 0.2) is 46.4 Å². The molecule has 0 atom stereocenters. The largest absolute Gasteiger partial charge is 0.487 e. The topological polar surface area (TPSA) is 87.9 Å². The van der Waals surface area contributed by atoms with E-state index in [4.69, 9.17) is 13.9 Å². The Labute approximate surface area is 159 Å². The van der Waals surface area contributed by atoms with Crippen LogP contribution in [0.2, 0.25) is 0 Å². The van der Waals surface area contributed by atoms with Crippen molar-refractivity contribution in [3.8, 4) is 5.75 Å². The minimum atomic E-state index is -0.558. The molecule has 7 nitrogen and oxygen atoms in total. The van der Waals surface area contributed by atoms with E-state index in [0.717, 1.165) is 10.7 Å². The molecule has 0 aliphatic carbocycles. The van der Waals surface area contributed by atoms with Gasteiger partial charge in [0.1, 0.15) is 17.9 Å². The summed E-state index contributed by atoms with van der Waals surface area (Å²) >= 11 is 1.55. The molecule has 3 aromatic rings. The second-order valence-corrected chi connectivity index (χ2v) is 6.56. The van der Waals surface area contributed by atoms with Crippen molar-refractivity contribution in [1.29, 1.82) is 0 Å². The fraction of sp³-hybridized carbons (Fsp3) is 0.211. The molecule has 27 heavy (non-hydrogen) atoms. The van der Waals surface area contributed by atoms with Gasteiger partial charge in [0.05, 0.1) is 29.6 Å². The van der Waals surface area contributed by atoms with Crippen molar-refractivity contribution >= 4 is 23.3 Å². The zero-order valence-electron chi connectivity index (χ0n) is 14.8. The number of carbonyl (C=O) groups is 2. The molecule has 2 heterocycles. The third-order valence-corrected chi connectivity index (χ3v) is 4.43. The van der Waals surface area contributed by atoms with E-state index in [0.29, 0.717) is 17.9 Å². The molecule has 8 heteroatoms. The zero-order valence-corrected chi connectivity index (χ0v) is 15.6. The molecule has 0 bridgehead atoms. The Morgan fingerprint density at radius 1 is 1.19 bits per heavy atom. The minimum absolute atomic E-state index is 0.181. The lowest BCUT2D eigenvalue weighted by Crippen LogP contribution is -2.08. The number of thiazole rings is 1. The van der Waals surface area contributed by atoms with E-state index in [2.05, 4.69) is 9.72 Å². The first-order chi connectivity index (χ1) is 13.1.